The Kier molecular flexibility index (Phi) is 4.45. The lowest BCUT2D eigenvalue weighted by Crippen LogP contribution is -2.37. The van der Waals surface area contributed by atoms with Crippen LogP contribution in [0.1, 0.15) is 29.0 Å². The number of nitrogens with one attached hydrogen (secondary N) is 1. The molecule has 3 aromatic carbocycles. The standard InChI is InChI=1S/C25H21N3O/c29-25-21(22-16-26-23-14-8-7-13-20(22)23)15-24(19-11-5-2-6-12-19)27-28(25)17-18-9-3-1-4-10-18/h1-14,16,21,26H,15,17H2/t21-/m0/s1. The predicted molar refractivity (Wildman–Crippen MR) is 116 cm³/mol. The molecule has 1 amide bonds. The molecule has 1 aromatic heterocycles. The van der Waals surface area contributed by atoms with Crippen molar-refractivity contribution in [1.82, 2.24) is 9.99 Å². The van der Waals surface area contributed by atoms with Gasteiger partial charge in [0.25, 0.3) is 5.91 Å². The highest BCUT2D eigenvalue weighted by Crippen LogP contribution is 2.34. The molecule has 0 unspecified atom stereocenters. The van der Waals surface area contributed by atoms with E-state index in [0.29, 0.717) is 13.0 Å². The van der Waals surface area contributed by atoms with Crippen LogP contribution in [0.25, 0.3) is 10.9 Å². The number of hydrogen-bond donors (Lipinski definition) is 1. The lowest BCUT2D eigenvalue weighted by molar-refractivity contribution is -0.134. The molecule has 0 saturated carbocycles. The van der Waals surface area contributed by atoms with E-state index in [-0.39, 0.29) is 11.8 Å². The second-order valence-electron chi connectivity index (χ2n) is 7.34. The van der Waals surface area contributed by atoms with Gasteiger partial charge in [-0.1, -0.05) is 78.9 Å². The van der Waals surface area contributed by atoms with Gasteiger partial charge in [-0.15, -0.1) is 0 Å². The fourth-order valence-corrected chi connectivity index (χ4v) is 4.00. The number of rotatable bonds is 4. The Morgan fingerprint density at radius 1 is 0.897 bits per heavy atom. The second kappa shape index (κ2) is 7.40. The number of amides is 1. The Labute approximate surface area is 169 Å². The van der Waals surface area contributed by atoms with Crippen LogP contribution >= 0.6 is 0 Å². The van der Waals surface area contributed by atoms with Crippen molar-refractivity contribution in [2.45, 2.75) is 18.9 Å². The van der Waals surface area contributed by atoms with E-state index in [1.165, 1.54) is 0 Å². The Morgan fingerprint density at radius 2 is 1.59 bits per heavy atom. The zero-order valence-corrected chi connectivity index (χ0v) is 16.0. The van der Waals surface area contributed by atoms with Gasteiger partial charge in [-0.2, -0.15) is 5.10 Å². The largest absolute Gasteiger partial charge is 0.361 e. The summed E-state index contributed by atoms with van der Waals surface area (Å²) in [6.45, 7) is 0.467. The smallest absolute Gasteiger partial charge is 0.250 e. The lowest BCUT2D eigenvalue weighted by atomic mass is 9.88. The van der Waals surface area contributed by atoms with Crippen LogP contribution in [-0.4, -0.2) is 21.6 Å². The minimum atomic E-state index is -0.262. The van der Waals surface area contributed by atoms with Crippen molar-refractivity contribution in [1.29, 1.82) is 0 Å². The van der Waals surface area contributed by atoms with E-state index in [4.69, 9.17) is 5.10 Å². The summed E-state index contributed by atoms with van der Waals surface area (Å²) < 4.78 is 0. The molecule has 2 heterocycles. The maximum atomic E-state index is 13.5. The third-order valence-corrected chi connectivity index (χ3v) is 5.47. The van der Waals surface area contributed by atoms with Gasteiger partial charge in [0, 0.05) is 23.5 Å². The molecule has 4 nitrogen and oxygen atoms in total. The van der Waals surface area contributed by atoms with E-state index in [0.717, 1.165) is 33.3 Å². The summed E-state index contributed by atoms with van der Waals surface area (Å²) in [6.07, 6.45) is 2.57. The Hall–Kier alpha value is -3.66. The third-order valence-electron chi connectivity index (χ3n) is 5.47. The Morgan fingerprint density at radius 3 is 2.38 bits per heavy atom. The van der Waals surface area contributed by atoms with Crippen LogP contribution < -0.4 is 0 Å². The summed E-state index contributed by atoms with van der Waals surface area (Å²) in [4.78, 5) is 16.8. The van der Waals surface area contributed by atoms with Crippen LogP contribution in [0.2, 0.25) is 0 Å². The van der Waals surface area contributed by atoms with E-state index in [1.807, 2.05) is 72.9 Å². The zero-order chi connectivity index (χ0) is 19.6. The summed E-state index contributed by atoms with van der Waals surface area (Å²) >= 11 is 0. The van der Waals surface area contributed by atoms with Crippen LogP contribution in [0, 0.1) is 0 Å². The van der Waals surface area contributed by atoms with Gasteiger partial charge in [0.15, 0.2) is 0 Å². The number of benzene rings is 3. The topological polar surface area (TPSA) is 48.5 Å². The Balaban J connectivity index is 1.57. The molecule has 0 aliphatic carbocycles. The first-order chi connectivity index (χ1) is 14.3. The molecular formula is C25H21N3O. The van der Waals surface area contributed by atoms with Gasteiger partial charge in [0.1, 0.15) is 0 Å². The predicted octanol–water partition coefficient (Wildman–Crippen LogP) is 5.09. The van der Waals surface area contributed by atoms with Crippen LogP contribution in [0.3, 0.4) is 0 Å². The van der Waals surface area contributed by atoms with E-state index < -0.39 is 0 Å². The molecule has 0 spiro atoms. The SMILES string of the molecule is O=C1[C@H](c2c[nH]c3ccccc23)CC(c2ccccc2)=NN1Cc1ccccc1. The minimum absolute atomic E-state index is 0.0401. The van der Waals surface area contributed by atoms with Crippen LogP contribution in [-0.2, 0) is 11.3 Å². The summed E-state index contributed by atoms with van der Waals surface area (Å²) in [5.74, 6) is -0.221. The molecule has 1 atom stereocenters. The maximum absolute atomic E-state index is 13.5. The first-order valence-corrected chi connectivity index (χ1v) is 9.84. The number of aromatic amines is 1. The molecule has 1 aliphatic heterocycles. The monoisotopic (exact) mass is 379 g/mol. The number of hydrazone groups is 1. The fraction of sp³-hybridized carbons (Fsp3) is 0.120. The zero-order valence-electron chi connectivity index (χ0n) is 16.0. The number of aromatic nitrogens is 1. The average molecular weight is 379 g/mol. The van der Waals surface area contributed by atoms with Crippen molar-refractivity contribution in [3.05, 3.63) is 108 Å². The molecule has 4 heteroatoms. The van der Waals surface area contributed by atoms with Gasteiger partial charge < -0.3 is 4.98 Å². The van der Waals surface area contributed by atoms with E-state index in [9.17, 15) is 4.79 Å². The maximum Gasteiger partial charge on any atom is 0.250 e. The number of nitrogens with zero attached hydrogens (tertiary/aromatic N) is 2. The third kappa shape index (κ3) is 3.34. The molecule has 0 bridgehead atoms. The van der Waals surface area contributed by atoms with Crippen molar-refractivity contribution in [3.63, 3.8) is 0 Å². The van der Waals surface area contributed by atoms with Gasteiger partial charge in [-0.05, 0) is 22.8 Å². The molecular weight excluding hydrogens is 358 g/mol. The first kappa shape index (κ1) is 17.4. The van der Waals surface area contributed by atoms with Gasteiger partial charge in [-0.3, -0.25) is 4.79 Å². The molecule has 0 fully saturated rings. The number of H-pyrrole nitrogens is 1. The molecule has 29 heavy (non-hydrogen) atoms. The highest BCUT2D eigenvalue weighted by Gasteiger charge is 2.34. The van der Waals surface area contributed by atoms with Crippen LogP contribution in [0.5, 0.6) is 0 Å². The van der Waals surface area contributed by atoms with Gasteiger partial charge in [0.2, 0.25) is 0 Å². The van der Waals surface area contributed by atoms with Crippen molar-refractivity contribution >= 4 is 22.5 Å². The molecule has 1 aliphatic rings. The van der Waals surface area contributed by atoms with Crippen molar-refractivity contribution in [3.8, 4) is 0 Å². The highest BCUT2D eigenvalue weighted by molar-refractivity contribution is 6.07. The molecule has 4 aromatic rings. The summed E-state index contributed by atoms with van der Waals surface area (Å²) in [7, 11) is 0. The van der Waals surface area contributed by atoms with Crippen molar-refractivity contribution in [2.75, 3.05) is 0 Å². The minimum Gasteiger partial charge on any atom is -0.361 e. The second-order valence-corrected chi connectivity index (χ2v) is 7.34. The van der Waals surface area contributed by atoms with Gasteiger partial charge >= 0.3 is 0 Å². The first-order valence-electron chi connectivity index (χ1n) is 9.84. The fourth-order valence-electron chi connectivity index (χ4n) is 4.00. The molecule has 0 radical (unpaired) electrons. The number of carbonyl (C=O) groups is 1. The lowest BCUT2D eigenvalue weighted by Gasteiger charge is -2.30. The summed E-state index contributed by atoms with van der Waals surface area (Å²) in [5.41, 5.74) is 5.15. The summed E-state index contributed by atoms with van der Waals surface area (Å²) in [6, 6.07) is 28.3. The van der Waals surface area contributed by atoms with E-state index in [2.05, 4.69) is 23.2 Å². The normalized spacial score (nSPS) is 16.8. The van der Waals surface area contributed by atoms with E-state index in [1.54, 1.807) is 5.01 Å². The number of para-hydroxylation sites is 1. The van der Waals surface area contributed by atoms with E-state index >= 15 is 0 Å². The van der Waals surface area contributed by atoms with Crippen molar-refractivity contribution in [2.24, 2.45) is 5.10 Å². The highest BCUT2D eigenvalue weighted by atomic mass is 16.2. The van der Waals surface area contributed by atoms with Crippen LogP contribution in [0.15, 0.2) is 96.2 Å². The average Bonchev–Trinajstić information content (AvgIpc) is 3.20. The molecule has 5 rings (SSSR count). The quantitative estimate of drug-likeness (QED) is 0.528. The number of fused-ring (bicyclic) bond motifs is 1. The van der Waals surface area contributed by atoms with Gasteiger partial charge in [0.05, 0.1) is 18.2 Å². The van der Waals surface area contributed by atoms with Crippen LogP contribution in [0.4, 0.5) is 0 Å². The molecule has 0 saturated heterocycles. The number of carbonyl (C=O) groups excluding carboxylic acids is 1. The van der Waals surface area contributed by atoms with Gasteiger partial charge in [-0.25, -0.2) is 5.01 Å². The number of hydrogen-bond acceptors (Lipinski definition) is 2. The molecule has 1 N–H and O–H groups in total. The Bertz CT molecular complexity index is 1180. The van der Waals surface area contributed by atoms with Crippen molar-refractivity contribution < 1.29 is 4.79 Å². The summed E-state index contributed by atoms with van der Waals surface area (Å²) in [5, 5.41) is 7.49. The molecule has 142 valence electrons.